The van der Waals surface area contributed by atoms with Crippen molar-refractivity contribution >= 4 is 0 Å². The van der Waals surface area contributed by atoms with Crippen molar-refractivity contribution in [1.29, 1.82) is 0 Å². The zero-order valence-electron chi connectivity index (χ0n) is 12.9. The molecule has 1 aromatic carbocycles. The summed E-state index contributed by atoms with van der Waals surface area (Å²) in [6.07, 6.45) is 0.935. The molecule has 6 heteroatoms. The standard InChI is InChI=1S/C16H22FNO4/c1-18-11-6-16(19,7-12(18)9-21-8-11)14-4-3-13(5-15(14)17)22-10-20-2/h3-5,11-12,19H,6-10H2,1-2H3. The van der Waals surface area contributed by atoms with Gasteiger partial charge in [0.15, 0.2) is 6.79 Å². The maximum absolute atomic E-state index is 14.5. The molecule has 2 aliphatic heterocycles. The fourth-order valence-corrected chi connectivity index (χ4v) is 3.45. The number of ether oxygens (including phenoxy) is 3. The molecule has 0 aromatic heterocycles. The number of piperidine rings is 1. The van der Waals surface area contributed by atoms with E-state index in [-0.39, 0.29) is 18.9 Å². The average molecular weight is 311 g/mol. The second-order valence-electron chi connectivity index (χ2n) is 6.14. The Morgan fingerprint density at radius 2 is 2.05 bits per heavy atom. The monoisotopic (exact) mass is 311 g/mol. The van der Waals surface area contributed by atoms with Crippen LogP contribution in [0.1, 0.15) is 18.4 Å². The normalized spacial score (nSPS) is 32.0. The minimum absolute atomic E-state index is 0.0648. The van der Waals surface area contributed by atoms with Crippen molar-refractivity contribution in [3.05, 3.63) is 29.6 Å². The van der Waals surface area contributed by atoms with Gasteiger partial charge in [0.1, 0.15) is 11.6 Å². The van der Waals surface area contributed by atoms with Crippen LogP contribution in [-0.2, 0) is 15.1 Å². The van der Waals surface area contributed by atoms with Gasteiger partial charge in [-0.2, -0.15) is 0 Å². The topological polar surface area (TPSA) is 51.2 Å². The first-order valence-electron chi connectivity index (χ1n) is 7.47. The van der Waals surface area contributed by atoms with Crippen LogP contribution >= 0.6 is 0 Å². The third-order valence-electron chi connectivity index (χ3n) is 4.70. The summed E-state index contributed by atoms with van der Waals surface area (Å²) in [6.45, 7) is 1.22. The van der Waals surface area contributed by atoms with Crippen LogP contribution in [0.4, 0.5) is 4.39 Å². The third-order valence-corrected chi connectivity index (χ3v) is 4.70. The SMILES string of the molecule is COCOc1ccc(C2(O)CC3COCC(C2)N3C)c(F)c1. The van der Waals surface area contributed by atoms with Crippen LogP contribution in [0.25, 0.3) is 0 Å². The van der Waals surface area contributed by atoms with Crippen LogP contribution in [0, 0.1) is 5.82 Å². The Labute approximate surface area is 129 Å². The minimum Gasteiger partial charge on any atom is -0.467 e. The van der Waals surface area contributed by atoms with E-state index >= 15 is 0 Å². The molecule has 0 saturated carbocycles. The number of halogens is 1. The molecule has 0 amide bonds. The first-order chi connectivity index (χ1) is 10.5. The zero-order chi connectivity index (χ0) is 15.7. The number of hydrogen-bond acceptors (Lipinski definition) is 5. The lowest BCUT2D eigenvalue weighted by atomic mass is 9.77. The summed E-state index contributed by atoms with van der Waals surface area (Å²) in [4.78, 5) is 2.23. The van der Waals surface area contributed by atoms with Gasteiger partial charge in [0.25, 0.3) is 0 Å². The smallest absolute Gasteiger partial charge is 0.188 e. The average Bonchev–Trinajstić information content (AvgIpc) is 2.47. The summed E-state index contributed by atoms with van der Waals surface area (Å²) in [5, 5.41) is 11.0. The van der Waals surface area contributed by atoms with Crippen molar-refractivity contribution in [2.75, 3.05) is 34.2 Å². The van der Waals surface area contributed by atoms with Gasteiger partial charge in [-0.15, -0.1) is 0 Å². The van der Waals surface area contributed by atoms with E-state index in [0.29, 0.717) is 37.4 Å². The Bertz CT molecular complexity index is 525. The van der Waals surface area contributed by atoms with Gasteiger partial charge in [-0.3, -0.25) is 4.90 Å². The van der Waals surface area contributed by atoms with E-state index in [1.807, 2.05) is 7.05 Å². The number of hydrogen-bond donors (Lipinski definition) is 1. The van der Waals surface area contributed by atoms with Gasteiger partial charge in [0, 0.05) is 30.8 Å². The van der Waals surface area contributed by atoms with E-state index in [1.54, 1.807) is 12.1 Å². The molecule has 0 spiro atoms. The molecule has 2 atom stereocenters. The summed E-state index contributed by atoms with van der Waals surface area (Å²) in [7, 11) is 3.54. The third kappa shape index (κ3) is 2.84. The van der Waals surface area contributed by atoms with Crippen molar-refractivity contribution in [1.82, 2.24) is 4.90 Å². The molecular formula is C16H22FNO4. The molecule has 0 aliphatic carbocycles. The summed E-state index contributed by atoms with van der Waals surface area (Å²) in [6, 6.07) is 4.81. The Kier molecular flexibility index (Phi) is 4.36. The summed E-state index contributed by atoms with van der Waals surface area (Å²) >= 11 is 0. The van der Waals surface area contributed by atoms with Crippen molar-refractivity contribution in [2.45, 2.75) is 30.5 Å². The number of likely N-dealkylation sites (N-methyl/N-ethyl adjacent to an activating group) is 1. The lowest BCUT2D eigenvalue weighted by Crippen LogP contribution is -2.59. The van der Waals surface area contributed by atoms with Gasteiger partial charge >= 0.3 is 0 Å². The number of methoxy groups -OCH3 is 1. The highest BCUT2D eigenvalue weighted by Gasteiger charge is 2.46. The molecule has 2 aliphatic rings. The fourth-order valence-electron chi connectivity index (χ4n) is 3.45. The van der Waals surface area contributed by atoms with Crippen LogP contribution < -0.4 is 4.74 Å². The quantitative estimate of drug-likeness (QED) is 0.854. The maximum Gasteiger partial charge on any atom is 0.188 e. The van der Waals surface area contributed by atoms with Crippen LogP contribution in [0.3, 0.4) is 0 Å². The van der Waals surface area contributed by atoms with E-state index in [1.165, 1.54) is 13.2 Å². The second kappa shape index (κ2) is 6.12. The summed E-state index contributed by atoms with van der Waals surface area (Å²) in [5.41, 5.74) is -0.822. The minimum atomic E-state index is -1.16. The number of fused-ring (bicyclic) bond motifs is 2. The highest BCUT2D eigenvalue weighted by atomic mass is 19.1. The molecule has 2 heterocycles. The van der Waals surface area contributed by atoms with E-state index in [9.17, 15) is 9.50 Å². The second-order valence-corrected chi connectivity index (χ2v) is 6.14. The van der Waals surface area contributed by atoms with E-state index in [0.717, 1.165) is 0 Å². The Balaban J connectivity index is 1.83. The molecule has 2 fully saturated rings. The van der Waals surface area contributed by atoms with Crippen molar-refractivity contribution < 1.29 is 23.7 Å². The van der Waals surface area contributed by atoms with Crippen LogP contribution in [0.15, 0.2) is 18.2 Å². The largest absolute Gasteiger partial charge is 0.467 e. The lowest BCUT2D eigenvalue weighted by molar-refractivity contribution is -0.138. The Morgan fingerprint density at radius 3 is 2.64 bits per heavy atom. The zero-order valence-corrected chi connectivity index (χ0v) is 12.9. The van der Waals surface area contributed by atoms with Crippen LogP contribution in [-0.4, -0.2) is 56.3 Å². The first-order valence-corrected chi connectivity index (χ1v) is 7.47. The number of morpholine rings is 1. The molecule has 2 unspecified atom stereocenters. The molecule has 0 radical (unpaired) electrons. The number of rotatable bonds is 4. The van der Waals surface area contributed by atoms with Gasteiger partial charge in [-0.1, -0.05) is 0 Å². The number of benzene rings is 1. The van der Waals surface area contributed by atoms with Gasteiger partial charge < -0.3 is 19.3 Å². The molecule has 1 N–H and O–H groups in total. The van der Waals surface area contributed by atoms with E-state index in [2.05, 4.69) is 4.90 Å². The molecule has 5 nitrogen and oxygen atoms in total. The predicted octanol–water partition coefficient (Wildman–Crippen LogP) is 1.49. The van der Waals surface area contributed by atoms with E-state index in [4.69, 9.17) is 14.2 Å². The predicted molar refractivity (Wildman–Crippen MR) is 78.2 cm³/mol. The first kappa shape index (κ1) is 15.7. The number of aliphatic hydroxyl groups is 1. The lowest BCUT2D eigenvalue weighted by Gasteiger charge is -2.50. The molecule has 1 aromatic rings. The van der Waals surface area contributed by atoms with Gasteiger partial charge in [0.2, 0.25) is 0 Å². The number of nitrogens with zero attached hydrogens (tertiary/aromatic N) is 1. The van der Waals surface area contributed by atoms with Crippen molar-refractivity contribution in [3.8, 4) is 5.75 Å². The van der Waals surface area contributed by atoms with Gasteiger partial charge in [-0.25, -0.2) is 4.39 Å². The fraction of sp³-hybridized carbons (Fsp3) is 0.625. The Morgan fingerprint density at radius 1 is 1.36 bits per heavy atom. The molecule has 2 bridgehead atoms. The highest BCUT2D eigenvalue weighted by molar-refractivity contribution is 5.33. The van der Waals surface area contributed by atoms with Gasteiger partial charge in [-0.05, 0) is 32.0 Å². The van der Waals surface area contributed by atoms with Crippen molar-refractivity contribution in [3.63, 3.8) is 0 Å². The highest BCUT2D eigenvalue weighted by Crippen LogP contribution is 2.41. The van der Waals surface area contributed by atoms with Gasteiger partial charge in [0.05, 0.1) is 18.8 Å². The van der Waals surface area contributed by atoms with Crippen LogP contribution in [0.5, 0.6) is 5.75 Å². The summed E-state index contributed by atoms with van der Waals surface area (Å²) < 4.78 is 30.0. The molecule has 3 rings (SSSR count). The van der Waals surface area contributed by atoms with Crippen LogP contribution in [0.2, 0.25) is 0 Å². The molecule has 22 heavy (non-hydrogen) atoms. The van der Waals surface area contributed by atoms with E-state index < -0.39 is 11.4 Å². The molecule has 122 valence electrons. The summed E-state index contributed by atoms with van der Waals surface area (Å²) in [5.74, 6) is -0.0530. The maximum atomic E-state index is 14.5. The van der Waals surface area contributed by atoms with Crippen molar-refractivity contribution in [2.24, 2.45) is 0 Å². The molecular weight excluding hydrogens is 289 g/mol. The molecule has 2 saturated heterocycles. The Hall–Kier alpha value is -1.21.